The van der Waals surface area contributed by atoms with Crippen LogP contribution in [0, 0.1) is 13.8 Å². The van der Waals surface area contributed by atoms with Crippen molar-refractivity contribution in [2.24, 2.45) is 0 Å². The minimum absolute atomic E-state index is 0.0781. The number of H-pyrrole nitrogens is 1. The minimum Gasteiger partial charge on any atom is -0.323 e. The third kappa shape index (κ3) is 3.03. The Morgan fingerprint density at radius 1 is 1.38 bits per heavy atom. The van der Waals surface area contributed by atoms with Gasteiger partial charge in [0.05, 0.1) is 34.1 Å². The van der Waals surface area contributed by atoms with Gasteiger partial charge in [0.25, 0.3) is 0 Å². The predicted molar refractivity (Wildman–Crippen MR) is 85.8 cm³/mol. The predicted octanol–water partition coefficient (Wildman–Crippen LogP) is 3.39. The van der Waals surface area contributed by atoms with Crippen LogP contribution in [0.15, 0.2) is 22.9 Å². The standard InChI is InChI=1S/C14H14N4OS2/c1-8-13(9(2)18-17-8)16-12(19)6-10-7-21-14(15-10)11-4-3-5-20-11/h3-5,7H,6H2,1-2H3,(H,16,19)(H,17,18). The molecule has 2 N–H and O–H groups in total. The van der Waals surface area contributed by atoms with Gasteiger partial charge >= 0.3 is 0 Å². The number of carbonyl (C=O) groups excluding carboxylic acids is 1. The van der Waals surface area contributed by atoms with Gasteiger partial charge in [-0.05, 0) is 25.3 Å². The van der Waals surface area contributed by atoms with E-state index in [0.29, 0.717) is 0 Å². The molecule has 7 heteroatoms. The number of hydrogen-bond acceptors (Lipinski definition) is 5. The third-order valence-electron chi connectivity index (χ3n) is 3.02. The van der Waals surface area contributed by atoms with Crippen molar-refractivity contribution in [3.8, 4) is 9.88 Å². The lowest BCUT2D eigenvalue weighted by Gasteiger charge is -2.03. The number of hydrogen-bond donors (Lipinski definition) is 2. The first-order valence-electron chi connectivity index (χ1n) is 6.43. The van der Waals surface area contributed by atoms with E-state index in [9.17, 15) is 4.79 Å². The van der Waals surface area contributed by atoms with Crippen LogP contribution in [0.1, 0.15) is 17.1 Å². The lowest BCUT2D eigenvalue weighted by molar-refractivity contribution is -0.115. The molecule has 0 radical (unpaired) electrons. The number of amides is 1. The summed E-state index contributed by atoms with van der Waals surface area (Å²) in [6, 6.07) is 4.03. The lowest BCUT2D eigenvalue weighted by Crippen LogP contribution is -2.15. The molecule has 0 saturated heterocycles. The molecule has 3 heterocycles. The Labute approximate surface area is 130 Å². The summed E-state index contributed by atoms with van der Waals surface area (Å²) < 4.78 is 0. The average molecular weight is 318 g/mol. The second-order valence-corrected chi connectivity index (χ2v) is 6.46. The minimum atomic E-state index is -0.0781. The van der Waals surface area contributed by atoms with Crippen LogP contribution in [0.25, 0.3) is 9.88 Å². The molecular formula is C14H14N4OS2. The molecule has 21 heavy (non-hydrogen) atoms. The van der Waals surface area contributed by atoms with E-state index in [1.54, 1.807) is 22.7 Å². The molecule has 0 aliphatic carbocycles. The van der Waals surface area contributed by atoms with Gasteiger partial charge in [-0.25, -0.2) is 4.98 Å². The van der Waals surface area contributed by atoms with E-state index >= 15 is 0 Å². The summed E-state index contributed by atoms with van der Waals surface area (Å²) in [6.07, 6.45) is 0.270. The van der Waals surface area contributed by atoms with Gasteiger partial charge in [0, 0.05) is 5.38 Å². The van der Waals surface area contributed by atoms with Gasteiger partial charge in [0.2, 0.25) is 5.91 Å². The largest absolute Gasteiger partial charge is 0.323 e. The molecule has 0 atom stereocenters. The zero-order valence-electron chi connectivity index (χ0n) is 11.6. The van der Waals surface area contributed by atoms with Crippen molar-refractivity contribution in [2.75, 3.05) is 5.32 Å². The van der Waals surface area contributed by atoms with Gasteiger partial charge in [-0.3, -0.25) is 9.89 Å². The zero-order valence-corrected chi connectivity index (χ0v) is 13.3. The maximum atomic E-state index is 12.1. The molecule has 5 nitrogen and oxygen atoms in total. The quantitative estimate of drug-likeness (QED) is 0.774. The number of rotatable bonds is 4. The third-order valence-corrected chi connectivity index (χ3v) is 4.95. The fourth-order valence-corrected chi connectivity index (χ4v) is 3.62. The summed E-state index contributed by atoms with van der Waals surface area (Å²) in [5.74, 6) is -0.0781. The van der Waals surface area contributed by atoms with E-state index in [0.717, 1.165) is 32.7 Å². The number of anilines is 1. The van der Waals surface area contributed by atoms with Crippen molar-refractivity contribution < 1.29 is 4.79 Å². The van der Waals surface area contributed by atoms with Crippen LogP contribution < -0.4 is 5.32 Å². The van der Waals surface area contributed by atoms with E-state index < -0.39 is 0 Å². The van der Waals surface area contributed by atoms with Crippen LogP contribution in [0.5, 0.6) is 0 Å². The first kappa shape index (κ1) is 14.0. The first-order valence-corrected chi connectivity index (χ1v) is 8.19. The molecule has 0 fully saturated rings. The maximum Gasteiger partial charge on any atom is 0.230 e. The van der Waals surface area contributed by atoms with Gasteiger partial charge in [-0.15, -0.1) is 22.7 Å². The highest BCUT2D eigenvalue weighted by Crippen LogP contribution is 2.28. The molecule has 108 valence electrons. The van der Waals surface area contributed by atoms with E-state index in [4.69, 9.17) is 0 Å². The maximum absolute atomic E-state index is 12.1. The average Bonchev–Trinajstić information content (AvgIpc) is 3.16. The van der Waals surface area contributed by atoms with Crippen molar-refractivity contribution >= 4 is 34.3 Å². The molecule has 0 aliphatic rings. The van der Waals surface area contributed by atoms with Crippen LogP contribution in [-0.2, 0) is 11.2 Å². The molecule has 3 aromatic heterocycles. The van der Waals surface area contributed by atoms with Gasteiger partial charge in [0.15, 0.2) is 0 Å². The lowest BCUT2D eigenvalue weighted by atomic mass is 10.2. The normalized spacial score (nSPS) is 10.8. The molecule has 0 aliphatic heterocycles. The summed E-state index contributed by atoms with van der Waals surface area (Å²) in [5, 5.41) is 14.7. The fraction of sp³-hybridized carbons (Fsp3) is 0.214. The van der Waals surface area contributed by atoms with Crippen LogP contribution in [0.4, 0.5) is 5.69 Å². The van der Waals surface area contributed by atoms with Crippen molar-refractivity contribution in [3.63, 3.8) is 0 Å². The Balaban J connectivity index is 1.68. The topological polar surface area (TPSA) is 70.7 Å². The van der Waals surface area contributed by atoms with Crippen molar-refractivity contribution in [1.29, 1.82) is 0 Å². The summed E-state index contributed by atoms with van der Waals surface area (Å²) in [7, 11) is 0. The molecular weight excluding hydrogens is 304 g/mol. The summed E-state index contributed by atoms with van der Waals surface area (Å²) >= 11 is 3.22. The highest BCUT2D eigenvalue weighted by Gasteiger charge is 2.13. The fourth-order valence-electron chi connectivity index (χ4n) is 1.98. The van der Waals surface area contributed by atoms with Gasteiger partial charge in [-0.2, -0.15) is 5.10 Å². The monoisotopic (exact) mass is 318 g/mol. The highest BCUT2D eigenvalue weighted by atomic mass is 32.1. The second kappa shape index (κ2) is 5.79. The first-order chi connectivity index (χ1) is 10.1. The Hall–Kier alpha value is -1.99. The molecule has 0 aromatic carbocycles. The summed E-state index contributed by atoms with van der Waals surface area (Å²) in [4.78, 5) is 17.7. The molecule has 0 bridgehead atoms. The number of aromatic amines is 1. The van der Waals surface area contributed by atoms with Crippen LogP contribution in [0.2, 0.25) is 0 Å². The van der Waals surface area contributed by atoms with Crippen molar-refractivity contribution in [2.45, 2.75) is 20.3 Å². The van der Waals surface area contributed by atoms with Gasteiger partial charge in [0.1, 0.15) is 5.01 Å². The molecule has 1 amide bonds. The van der Waals surface area contributed by atoms with E-state index in [1.165, 1.54) is 0 Å². The Morgan fingerprint density at radius 3 is 2.90 bits per heavy atom. The van der Waals surface area contributed by atoms with Crippen LogP contribution in [-0.4, -0.2) is 21.1 Å². The number of aromatic nitrogens is 3. The van der Waals surface area contributed by atoms with Crippen molar-refractivity contribution in [1.82, 2.24) is 15.2 Å². The summed E-state index contributed by atoms with van der Waals surface area (Å²) in [5.41, 5.74) is 3.20. The number of thiazole rings is 1. The number of nitrogens with zero attached hydrogens (tertiary/aromatic N) is 2. The van der Waals surface area contributed by atoms with Crippen LogP contribution in [0.3, 0.4) is 0 Å². The molecule has 3 rings (SSSR count). The smallest absolute Gasteiger partial charge is 0.230 e. The van der Waals surface area contributed by atoms with E-state index in [1.807, 2.05) is 36.7 Å². The molecule has 0 saturated carbocycles. The molecule has 0 spiro atoms. The van der Waals surface area contributed by atoms with E-state index in [-0.39, 0.29) is 12.3 Å². The van der Waals surface area contributed by atoms with Crippen molar-refractivity contribution in [3.05, 3.63) is 40.0 Å². The Kier molecular flexibility index (Phi) is 3.85. The molecule has 0 unspecified atom stereocenters. The zero-order chi connectivity index (χ0) is 14.8. The number of carbonyl (C=O) groups is 1. The number of aryl methyl sites for hydroxylation is 2. The Bertz CT molecular complexity index is 738. The number of nitrogens with one attached hydrogen (secondary N) is 2. The number of thiophene rings is 1. The molecule has 3 aromatic rings. The van der Waals surface area contributed by atoms with E-state index in [2.05, 4.69) is 20.5 Å². The van der Waals surface area contributed by atoms with Crippen LogP contribution >= 0.6 is 22.7 Å². The van der Waals surface area contributed by atoms with Gasteiger partial charge < -0.3 is 5.32 Å². The summed E-state index contributed by atoms with van der Waals surface area (Å²) in [6.45, 7) is 3.74. The second-order valence-electron chi connectivity index (χ2n) is 4.66. The van der Waals surface area contributed by atoms with Gasteiger partial charge in [-0.1, -0.05) is 6.07 Å². The SMILES string of the molecule is Cc1n[nH]c(C)c1NC(=O)Cc1csc(-c2cccs2)n1. The Morgan fingerprint density at radius 2 is 2.24 bits per heavy atom. The highest BCUT2D eigenvalue weighted by molar-refractivity contribution is 7.20.